The van der Waals surface area contributed by atoms with Crippen LogP contribution in [0.25, 0.3) is 6.08 Å². The van der Waals surface area contributed by atoms with Crippen LogP contribution in [0.15, 0.2) is 59.3 Å². The molecule has 19 heavy (non-hydrogen) atoms. The van der Waals surface area contributed by atoms with Crippen LogP contribution in [-0.4, -0.2) is 17.1 Å². The molecule has 4 nitrogen and oxygen atoms in total. The maximum atomic E-state index is 11.6. The van der Waals surface area contributed by atoms with Gasteiger partial charge in [0.2, 0.25) is 0 Å². The number of rotatable bonds is 4. The third-order valence-corrected chi connectivity index (χ3v) is 2.47. The molecule has 0 saturated carbocycles. The lowest BCUT2D eigenvalue weighted by atomic mass is 10.1. The molecule has 1 heterocycles. The number of aromatic amines is 1. The number of carbonyl (C=O) groups excluding carboxylic acids is 1. The van der Waals surface area contributed by atoms with Crippen molar-refractivity contribution in [3.8, 4) is 0 Å². The minimum absolute atomic E-state index is 0.256. The van der Waals surface area contributed by atoms with E-state index in [4.69, 9.17) is 0 Å². The van der Waals surface area contributed by atoms with E-state index < -0.39 is 0 Å². The van der Waals surface area contributed by atoms with E-state index in [0.29, 0.717) is 5.69 Å². The summed E-state index contributed by atoms with van der Waals surface area (Å²) >= 11 is 0. The molecule has 0 aliphatic heterocycles. The fourth-order valence-electron chi connectivity index (χ4n) is 1.57. The van der Waals surface area contributed by atoms with Gasteiger partial charge in [-0.15, -0.1) is 0 Å². The van der Waals surface area contributed by atoms with Crippen molar-refractivity contribution in [2.24, 2.45) is 5.10 Å². The summed E-state index contributed by atoms with van der Waals surface area (Å²) in [7, 11) is 0. The van der Waals surface area contributed by atoms with Crippen molar-refractivity contribution < 1.29 is 4.79 Å². The maximum Gasteiger partial charge on any atom is 0.287 e. The second-order valence-electron chi connectivity index (χ2n) is 4.08. The molecule has 0 saturated heterocycles. The van der Waals surface area contributed by atoms with Crippen molar-refractivity contribution in [1.82, 2.24) is 10.4 Å². The Labute approximate surface area is 111 Å². The van der Waals surface area contributed by atoms with Gasteiger partial charge in [0, 0.05) is 6.20 Å². The summed E-state index contributed by atoms with van der Waals surface area (Å²) < 4.78 is 0. The lowest BCUT2D eigenvalue weighted by molar-refractivity contribution is 0.0951. The molecule has 2 rings (SSSR count). The van der Waals surface area contributed by atoms with Crippen LogP contribution >= 0.6 is 0 Å². The monoisotopic (exact) mass is 253 g/mol. The summed E-state index contributed by atoms with van der Waals surface area (Å²) in [6, 6.07) is 13.4. The maximum absolute atomic E-state index is 11.6. The van der Waals surface area contributed by atoms with E-state index in [2.05, 4.69) is 15.5 Å². The number of hydrogen-bond donors (Lipinski definition) is 2. The zero-order chi connectivity index (χ0) is 13.5. The van der Waals surface area contributed by atoms with E-state index in [1.165, 1.54) is 0 Å². The minimum atomic E-state index is -0.256. The molecule has 0 radical (unpaired) electrons. The van der Waals surface area contributed by atoms with Crippen LogP contribution in [0, 0.1) is 0 Å². The molecular formula is C15H15N3O. The Morgan fingerprint density at radius 1 is 1.21 bits per heavy atom. The first-order valence-corrected chi connectivity index (χ1v) is 5.96. The molecule has 4 heteroatoms. The molecule has 0 spiro atoms. The second kappa shape index (κ2) is 6.35. The van der Waals surface area contributed by atoms with E-state index in [1.807, 2.05) is 43.3 Å². The second-order valence-corrected chi connectivity index (χ2v) is 4.08. The van der Waals surface area contributed by atoms with Gasteiger partial charge < -0.3 is 4.98 Å². The number of hydrazone groups is 1. The Hall–Kier alpha value is -2.62. The number of carbonyl (C=O) groups is 1. The van der Waals surface area contributed by atoms with Gasteiger partial charge in [0.25, 0.3) is 5.91 Å². The normalized spacial score (nSPS) is 11.7. The number of nitrogens with one attached hydrogen (secondary N) is 2. The Morgan fingerprint density at radius 2 is 2.00 bits per heavy atom. The van der Waals surface area contributed by atoms with Crippen LogP contribution in [0.3, 0.4) is 0 Å². The van der Waals surface area contributed by atoms with E-state index in [1.54, 1.807) is 24.5 Å². The molecule has 2 aromatic rings. The molecule has 0 unspecified atom stereocenters. The highest BCUT2D eigenvalue weighted by Gasteiger charge is 2.02. The summed E-state index contributed by atoms with van der Waals surface area (Å²) in [6.07, 6.45) is 5.30. The van der Waals surface area contributed by atoms with Gasteiger partial charge in [0.1, 0.15) is 5.69 Å². The van der Waals surface area contributed by atoms with E-state index >= 15 is 0 Å². The number of aromatic nitrogens is 1. The summed E-state index contributed by atoms with van der Waals surface area (Å²) in [5.74, 6) is -0.256. The average molecular weight is 253 g/mol. The first-order chi connectivity index (χ1) is 9.25. The Kier molecular flexibility index (Phi) is 4.29. The zero-order valence-corrected chi connectivity index (χ0v) is 10.6. The Balaban J connectivity index is 1.92. The number of allylic oxidation sites excluding steroid dienone is 1. The summed E-state index contributed by atoms with van der Waals surface area (Å²) in [5.41, 5.74) is 5.00. The van der Waals surface area contributed by atoms with Crippen molar-refractivity contribution in [2.75, 3.05) is 0 Å². The predicted octanol–water partition coefficient (Wildman–Crippen LogP) is 2.83. The summed E-state index contributed by atoms with van der Waals surface area (Å²) in [4.78, 5) is 14.4. The van der Waals surface area contributed by atoms with Gasteiger partial charge in [-0.05, 0) is 30.2 Å². The van der Waals surface area contributed by atoms with Crippen LogP contribution in [0.1, 0.15) is 23.0 Å². The first kappa shape index (κ1) is 12.8. The smallest absolute Gasteiger partial charge is 0.287 e. The molecule has 0 atom stereocenters. The first-order valence-electron chi connectivity index (χ1n) is 5.96. The molecular weight excluding hydrogens is 238 g/mol. The molecule has 1 amide bonds. The molecule has 0 aliphatic carbocycles. The topological polar surface area (TPSA) is 57.2 Å². The van der Waals surface area contributed by atoms with Crippen LogP contribution < -0.4 is 5.43 Å². The third kappa shape index (κ3) is 3.96. The number of H-pyrrole nitrogens is 1. The van der Waals surface area contributed by atoms with Crippen molar-refractivity contribution in [1.29, 1.82) is 0 Å². The molecule has 0 bridgehead atoms. The molecule has 1 aromatic heterocycles. The molecule has 1 aromatic carbocycles. The lowest BCUT2D eigenvalue weighted by Crippen LogP contribution is -2.17. The van der Waals surface area contributed by atoms with Gasteiger partial charge in [-0.3, -0.25) is 4.79 Å². The average Bonchev–Trinajstić information content (AvgIpc) is 2.93. The third-order valence-electron chi connectivity index (χ3n) is 2.47. The molecule has 2 N–H and O–H groups in total. The molecule has 0 aliphatic rings. The zero-order valence-electron chi connectivity index (χ0n) is 10.6. The largest absolute Gasteiger partial charge is 0.357 e. The van der Waals surface area contributed by atoms with E-state index in [0.717, 1.165) is 11.1 Å². The van der Waals surface area contributed by atoms with Crippen LogP contribution in [0.2, 0.25) is 0 Å². The van der Waals surface area contributed by atoms with Gasteiger partial charge in [-0.25, -0.2) is 5.43 Å². The Bertz CT molecular complexity index is 583. The fraction of sp³-hybridized carbons (Fsp3) is 0.0667. The highest BCUT2D eigenvalue weighted by molar-refractivity contribution is 5.93. The molecule has 0 fully saturated rings. The van der Waals surface area contributed by atoms with Crippen LogP contribution in [0.5, 0.6) is 0 Å². The van der Waals surface area contributed by atoms with Crippen molar-refractivity contribution in [3.05, 3.63) is 65.5 Å². The SMILES string of the molecule is CC(/C=N\NC(=O)c1ccc[nH]1)=C\c1ccccc1. The van der Waals surface area contributed by atoms with E-state index in [-0.39, 0.29) is 5.91 Å². The summed E-state index contributed by atoms with van der Waals surface area (Å²) in [5, 5.41) is 3.91. The van der Waals surface area contributed by atoms with Crippen molar-refractivity contribution in [2.45, 2.75) is 6.92 Å². The van der Waals surface area contributed by atoms with Crippen LogP contribution in [0.4, 0.5) is 0 Å². The van der Waals surface area contributed by atoms with Crippen molar-refractivity contribution >= 4 is 18.2 Å². The van der Waals surface area contributed by atoms with Gasteiger partial charge in [0.05, 0.1) is 6.21 Å². The highest BCUT2D eigenvalue weighted by atomic mass is 16.2. The number of benzene rings is 1. The Morgan fingerprint density at radius 3 is 2.68 bits per heavy atom. The highest BCUT2D eigenvalue weighted by Crippen LogP contribution is 2.04. The van der Waals surface area contributed by atoms with Crippen LogP contribution in [-0.2, 0) is 0 Å². The number of nitrogens with zero attached hydrogens (tertiary/aromatic N) is 1. The summed E-state index contributed by atoms with van der Waals surface area (Å²) in [6.45, 7) is 1.93. The molecule has 96 valence electrons. The van der Waals surface area contributed by atoms with Gasteiger partial charge in [-0.1, -0.05) is 36.4 Å². The van der Waals surface area contributed by atoms with Gasteiger partial charge in [0.15, 0.2) is 0 Å². The standard InChI is InChI=1S/C15H15N3O/c1-12(10-13-6-3-2-4-7-13)11-17-18-15(19)14-8-5-9-16-14/h2-11,16H,1H3,(H,18,19)/b12-10+,17-11-. The van der Waals surface area contributed by atoms with E-state index in [9.17, 15) is 4.79 Å². The number of amides is 1. The predicted molar refractivity (Wildman–Crippen MR) is 76.8 cm³/mol. The lowest BCUT2D eigenvalue weighted by Gasteiger charge is -1.97. The quantitative estimate of drug-likeness (QED) is 0.639. The fourth-order valence-corrected chi connectivity index (χ4v) is 1.57. The van der Waals surface area contributed by atoms with Crippen molar-refractivity contribution in [3.63, 3.8) is 0 Å². The number of hydrogen-bond acceptors (Lipinski definition) is 2. The van der Waals surface area contributed by atoms with Gasteiger partial charge in [-0.2, -0.15) is 5.10 Å². The minimum Gasteiger partial charge on any atom is -0.357 e. The van der Waals surface area contributed by atoms with Gasteiger partial charge >= 0.3 is 0 Å².